The van der Waals surface area contributed by atoms with Gasteiger partial charge in [-0.1, -0.05) is 0 Å². The molecule has 0 fully saturated rings. The second kappa shape index (κ2) is 4.83. The minimum atomic E-state index is 0.339. The summed E-state index contributed by atoms with van der Waals surface area (Å²) in [5, 5.41) is 8.68. The molecule has 4 heteroatoms. The third-order valence-electron chi connectivity index (χ3n) is 2.20. The second-order valence-electron chi connectivity index (χ2n) is 2.91. The first kappa shape index (κ1) is 10.8. The fraction of sp³-hybridized carbons (Fsp3) is 0.400. The summed E-state index contributed by atoms with van der Waals surface area (Å²) in [5.74, 6) is 1.53. The summed E-state index contributed by atoms with van der Waals surface area (Å²) in [7, 11) is 3.22. The van der Waals surface area contributed by atoms with Gasteiger partial charge in [-0.05, 0) is 24.6 Å². The van der Waals surface area contributed by atoms with Crippen molar-refractivity contribution in [3.05, 3.63) is 23.3 Å². The van der Waals surface area contributed by atoms with Crippen molar-refractivity contribution in [2.45, 2.75) is 13.5 Å². The third kappa shape index (κ3) is 1.97. The fourth-order valence-corrected chi connectivity index (χ4v) is 1.42. The van der Waals surface area contributed by atoms with Gasteiger partial charge in [0, 0.05) is 12.1 Å². The van der Waals surface area contributed by atoms with Gasteiger partial charge in [0.25, 0.3) is 0 Å². The lowest BCUT2D eigenvalue weighted by Gasteiger charge is -2.13. The maximum absolute atomic E-state index is 8.68. The summed E-state index contributed by atoms with van der Waals surface area (Å²) in [6.45, 7) is 2.26. The minimum absolute atomic E-state index is 0.339. The van der Waals surface area contributed by atoms with Gasteiger partial charge in [0.05, 0.1) is 14.2 Å². The molecule has 1 aromatic carbocycles. The molecule has 2 N–H and O–H groups in total. The van der Waals surface area contributed by atoms with E-state index in [2.05, 4.69) is 5.48 Å². The molecule has 1 aromatic rings. The summed E-state index contributed by atoms with van der Waals surface area (Å²) >= 11 is 0. The molecular weight excluding hydrogens is 182 g/mol. The van der Waals surface area contributed by atoms with Crippen molar-refractivity contribution in [3.63, 3.8) is 0 Å². The van der Waals surface area contributed by atoms with Gasteiger partial charge in [-0.25, -0.2) is 5.48 Å². The van der Waals surface area contributed by atoms with Crippen molar-refractivity contribution in [3.8, 4) is 11.5 Å². The first-order chi connectivity index (χ1) is 6.74. The molecule has 14 heavy (non-hydrogen) atoms. The van der Waals surface area contributed by atoms with Crippen LogP contribution in [0.1, 0.15) is 11.1 Å². The van der Waals surface area contributed by atoms with E-state index in [-0.39, 0.29) is 0 Å². The molecule has 0 amide bonds. The molecule has 0 bridgehead atoms. The summed E-state index contributed by atoms with van der Waals surface area (Å²) in [5.41, 5.74) is 3.98. The highest BCUT2D eigenvalue weighted by Gasteiger charge is 2.10. The molecule has 0 saturated carbocycles. The Morgan fingerprint density at radius 2 is 1.79 bits per heavy atom. The first-order valence-electron chi connectivity index (χ1n) is 4.32. The van der Waals surface area contributed by atoms with Crippen LogP contribution in [0, 0.1) is 6.92 Å². The lowest BCUT2D eigenvalue weighted by molar-refractivity contribution is 0.160. The molecule has 78 valence electrons. The molecule has 0 aliphatic heterocycles. The maximum atomic E-state index is 8.68. The quantitative estimate of drug-likeness (QED) is 0.718. The summed E-state index contributed by atoms with van der Waals surface area (Å²) in [4.78, 5) is 0. The van der Waals surface area contributed by atoms with Crippen LogP contribution in [0.2, 0.25) is 0 Å². The van der Waals surface area contributed by atoms with E-state index in [0.717, 1.165) is 22.6 Å². The lowest BCUT2D eigenvalue weighted by atomic mass is 10.1. The number of hydroxylamine groups is 1. The van der Waals surface area contributed by atoms with Crippen molar-refractivity contribution >= 4 is 0 Å². The maximum Gasteiger partial charge on any atom is 0.123 e. The van der Waals surface area contributed by atoms with E-state index in [1.165, 1.54) is 0 Å². The van der Waals surface area contributed by atoms with Crippen LogP contribution in [-0.4, -0.2) is 19.4 Å². The predicted octanol–water partition coefficient (Wildman–Crippen LogP) is 1.49. The molecule has 0 spiro atoms. The highest BCUT2D eigenvalue weighted by atomic mass is 16.5. The molecule has 0 aliphatic carbocycles. The van der Waals surface area contributed by atoms with Gasteiger partial charge < -0.3 is 14.7 Å². The summed E-state index contributed by atoms with van der Waals surface area (Å²) in [6, 6.07) is 3.66. The highest BCUT2D eigenvalue weighted by Crippen LogP contribution is 2.29. The normalized spacial score (nSPS) is 10.0. The largest absolute Gasteiger partial charge is 0.496 e. The Morgan fingerprint density at radius 1 is 1.21 bits per heavy atom. The number of ether oxygens (including phenoxy) is 2. The zero-order valence-electron chi connectivity index (χ0n) is 8.63. The Morgan fingerprint density at radius 3 is 2.29 bits per heavy atom. The predicted molar refractivity (Wildman–Crippen MR) is 52.9 cm³/mol. The smallest absolute Gasteiger partial charge is 0.123 e. The van der Waals surface area contributed by atoms with Crippen molar-refractivity contribution in [1.82, 2.24) is 5.48 Å². The van der Waals surface area contributed by atoms with Crippen LogP contribution in [0.15, 0.2) is 12.1 Å². The Labute approximate surface area is 83.4 Å². The van der Waals surface area contributed by atoms with Crippen LogP contribution in [0.3, 0.4) is 0 Å². The van der Waals surface area contributed by atoms with Crippen LogP contribution in [0.5, 0.6) is 11.5 Å². The van der Waals surface area contributed by atoms with Gasteiger partial charge in [0.15, 0.2) is 0 Å². The van der Waals surface area contributed by atoms with Gasteiger partial charge >= 0.3 is 0 Å². The Kier molecular flexibility index (Phi) is 3.73. The standard InChI is InChI=1S/C10H15NO3/c1-7-8(6-11-12)10(14-3)5-4-9(7)13-2/h4-5,11-12H,6H2,1-3H3. The summed E-state index contributed by atoms with van der Waals surface area (Å²) < 4.78 is 10.3. The van der Waals surface area contributed by atoms with Gasteiger partial charge in [0.2, 0.25) is 0 Å². The monoisotopic (exact) mass is 197 g/mol. The summed E-state index contributed by atoms with van der Waals surface area (Å²) in [6.07, 6.45) is 0. The van der Waals surface area contributed by atoms with E-state index < -0.39 is 0 Å². The number of benzene rings is 1. The van der Waals surface area contributed by atoms with E-state index in [0.29, 0.717) is 6.54 Å². The van der Waals surface area contributed by atoms with Crippen molar-refractivity contribution in [2.75, 3.05) is 14.2 Å². The average molecular weight is 197 g/mol. The molecule has 4 nitrogen and oxygen atoms in total. The van der Waals surface area contributed by atoms with Crippen LogP contribution in [0.25, 0.3) is 0 Å². The zero-order chi connectivity index (χ0) is 10.6. The molecule has 0 unspecified atom stereocenters. The van der Waals surface area contributed by atoms with E-state index in [1.54, 1.807) is 14.2 Å². The molecule has 0 aliphatic rings. The molecule has 1 rings (SSSR count). The zero-order valence-corrected chi connectivity index (χ0v) is 8.63. The van der Waals surface area contributed by atoms with E-state index in [9.17, 15) is 0 Å². The van der Waals surface area contributed by atoms with Crippen molar-refractivity contribution < 1.29 is 14.7 Å². The van der Waals surface area contributed by atoms with Crippen LogP contribution >= 0.6 is 0 Å². The van der Waals surface area contributed by atoms with Gasteiger partial charge in [-0.2, -0.15) is 0 Å². The Hall–Kier alpha value is -1.26. The molecule has 0 radical (unpaired) electrons. The van der Waals surface area contributed by atoms with E-state index in [1.807, 2.05) is 19.1 Å². The third-order valence-corrected chi connectivity index (χ3v) is 2.20. The molecule has 0 aromatic heterocycles. The van der Waals surface area contributed by atoms with Crippen molar-refractivity contribution in [2.24, 2.45) is 0 Å². The minimum Gasteiger partial charge on any atom is -0.496 e. The van der Waals surface area contributed by atoms with Crippen LogP contribution in [-0.2, 0) is 6.54 Å². The second-order valence-corrected chi connectivity index (χ2v) is 2.91. The molecule has 0 atom stereocenters. The van der Waals surface area contributed by atoms with Gasteiger partial charge in [-0.3, -0.25) is 0 Å². The number of nitrogens with one attached hydrogen (secondary N) is 1. The van der Waals surface area contributed by atoms with Crippen molar-refractivity contribution in [1.29, 1.82) is 0 Å². The highest BCUT2D eigenvalue weighted by molar-refractivity contribution is 5.47. The Bertz CT molecular complexity index is 312. The number of rotatable bonds is 4. The lowest BCUT2D eigenvalue weighted by Crippen LogP contribution is -2.09. The first-order valence-corrected chi connectivity index (χ1v) is 4.32. The molecule has 0 heterocycles. The molecule has 0 saturated heterocycles. The van der Waals surface area contributed by atoms with Crippen LogP contribution < -0.4 is 15.0 Å². The molecular formula is C10H15NO3. The number of hydrogen-bond donors (Lipinski definition) is 2. The SMILES string of the molecule is COc1ccc(OC)c(CNO)c1C. The van der Waals surface area contributed by atoms with E-state index in [4.69, 9.17) is 14.7 Å². The van der Waals surface area contributed by atoms with Crippen LogP contribution in [0.4, 0.5) is 0 Å². The Balaban J connectivity index is 3.16. The van der Waals surface area contributed by atoms with Gasteiger partial charge in [-0.15, -0.1) is 0 Å². The topological polar surface area (TPSA) is 50.7 Å². The number of hydrogen-bond acceptors (Lipinski definition) is 4. The van der Waals surface area contributed by atoms with Gasteiger partial charge in [0.1, 0.15) is 11.5 Å². The average Bonchev–Trinajstić information content (AvgIpc) is 2.21. The fourth-order valence-electron chi connectivity index (χ4n) is 1.42. The van der Waals surface area contributed by atoms with E-state index >= 15 is 0 Å². The number of methoxy groups -OCH3 is 2.